The van der Waals surface area contributed by atoms with Crippen LogP contribution in [0.3, 0.4) is 0 Å². The highest BCUT2D eigenvalue weighted by atomic mass is 79.9. The van der Waals surface area contributed by atoms with Gasteiger partial charge >= 0.3 is 0 Å². The molecule has 1 aromatic carbocycles. The first-order chi connectivity index (χ1) is 12.8. The van der Waals surface area contributed by atoms with Crippen molar-refractivity contribution in [1.82, 2.24) is 9.46 Å². The Hall–Kier alpha value is -1.71. The molecular weight excluding hydrogens is 434 g/mol. The predicted octanol–water partition coefficient (Wildman–Crippen LogP) is 3.18. The molecule has 2 aromatic rings. The number of hydrogen-bond donors (Lipinski definition) is 0. The monoisotopic (exact) mass is 453 g/mol. The van der Waals surface area contributed by atoms with Gasteiger partial charge < -0.3 is 9.42 Å². The van der Waals surface area contributed by atoms with Crippen molar-refractivity contribution in [1.29, 1.82) is 0 Å². The molecule has 0 radical (unpaired) electrons. The average molecular weight is 454 g/mol. The van der Waals surface area contributed by atoms with Crippen LogP contribution in [-0.2, 0) is 21.2 Å². The zero-order valence-electron chi connectivity index (χ0n) is 15.1. The molecule has 144 valence electrons. The van der Waals surface area contributed by atoms with E-state index in [2.05, 4.69) is 21.1 Å². The fraction of sp³-hybridized carbons (Fsp3) is 0.444. The lowest BCUT2D eigenvalue weighted by Gasteiger charge is -2.24. The quantitative estimate of drug-likeness (QED) is 0.712. The Morgan fingerprint density at radius 3 is 2.74 bits per heavy atom. The lowest BCUT2D eigenvalue weighted by Crippen LogP contribution is -2.31. The molecule has 0 bridgehead atoms. The molecule has 9 heteroatoms. The number of anilines is 1. The predicted molar refractivity (Wildman–Crippen MR) is 103 cm³/mol. The van der Waals surface area contributed by atoms with Crippen molar-refractivity contribution in [2.45, 2.75) is 44.0 Å². The van der Waals surface area contributed by atoms with Crippen molar-refractivity contribution in [3.05, 3.63) is 39.7 Å². The molecule has 3 heterocycles. The summed E-state index contributed by atoms with van der Waals surface area (Å²) in [5.41, 5.74) is 2.38. The second-order valence-corrected chi connectivity index (χ2v) is 9.69. The summed E-state index contributed by atoms with van der Waals surface area (Å²) in [6, 6.07) is 4.85. The summed E-state index contributed by atoms with van der Waals surface area (Å²) in [6.45, 7) is 4.30. The first-order valence-electron chi connectivity index (χ1n) is 8.84. The van der Waals surface area contributed by atoms with Crippen LogP contribution in [0.15, 0.2) is 32.1 Å². The molecule has 4 rings (SSSR count). The molecule has 27 heavy (non-hydrogen) atoms. The lowest BCUT2D eigenvalue weighted by molar-refractivity contribution is -0.116. The third-order valence-electron chi connectivity index (χ3n) is 5.17. The van der Waals surface area contributed by atoms with Crippen molar-refractivity contribution in [2.75, 3.05) is 18.0 Å². The molecule has 1 amide bonds. The highest BCUT2D eigenvalue weighted by molar-refractivity contribution is 9.10. The molecule has 2 aliphatic rings. The fourth-order valence-corrected chi connectivity index (χ4v) is 6.63. The molecule has 0 saturated carbocycles. The van der Waals surface area contributed by atoms with E-state index in [-0.39, 0.29) is 16.8 Å². The summed E-state index contributed by atoms with van der Waals surface area (Å²) in [6.07, 6.45) is 2.17. The van der Waals surface area contributed by atoms with E-state index >= 15 is 0 Å². The number of sulfonamides is 1. The number of hydrogen-bond acceptors (Lipinski definition) is 5. The average Bonchev–Trinajstić information content (AvgIpc) is 3.31. The van der Waals surface area contributed by atoms with Crippen LogP contribution < -0.4 is 4.90 Å². The molecule has 0 aliphatic carbocycles. The number of amides is 1. The van der Waals surface area contributed by atoms with E-state index in [4.69, 9.17) is 4.52 Å². The Bertz CT molecular complexity index is 1020. The second kappa shape index (κ2) is 6.72. The van der Waals surface area contributed by atoms with E-state index in [1.807, 2.05) is 13.0 Å². The van der Waals surface area contributed by atoms with Gasteiger partial charge in [-0.3, -0.25) is 4.79 Å². The van der Waals surface area contributed by atoms with Gasteiger partial charge in [0.1, 0.15) is 0 Å². The fourth-order valence-electron chi connectivity index (χ4n) is 3.89. The van der Waals surface area contributed by atoms with Crippen LogP contribution in [0.5, 0.6) is 0 Å². The molecule has 0 N–H and O–H groups in total. The van der Waals surface area contributed by atoms with E-state index in [0.29, 0.717) is 35.4 Å². The largest absolute Gasteiger partial charge is 0.359 e. The number of carbonyl (C=O) groups is 1. The summed E-state index contributed by atoms with van der Waals surface area (Å²) < 4.78 is 34.2. The Balaban J connectivity index is 1.76. The van der Waals surface area contributed by atoms with Gasteiger partial charge in [-0.15, -0.1) is 0 Å². The zero-order valence-corrected chi connectivity index (χ0v) is 17.5. The molecule has 2 aliphatic heterocycles. The van der Waals surface area contributed by atoms with Crippen LogP contribution in [0, 0.1) is 6.92 Å². The van der Waals surface area contributed by atoms with Crippen LogP contribution in [-0.4, -0.2) is 36.9 Å². The van der Waals surface area contributed by atoms with Gasteiger partial charge in [-0.05, 0) is 59.8 Å². The minimum atomic E-state index is -3.77. The second-order valence-electron chi connectivity index (χ2n) is 6.98. The van der Waals surface area contributed by atoms with Gasteiger partial charge in [0.2, 0.25) is 15.9 Å². The van der Waals surface area contributed by atoms with Crippen molar-refractivity contribution < 1.29 is 17.7 Å². The molecule has 1 aromatic heterocycles. The number of carbonyl (C=O) groups excluding carboxylic acids is 1. The van der Waals surface area contributed by atoms with E-state index in [1.165, 1.54) is 11.2 Å². The highest BCUT2D eigenvalue weighted by Crippen LogP contribution is 2.41. The lowest BCUT2D eigenvalue weighted by atomic mass is 10.2. The molecule has 1 fully saturated rings. The zero-order chi connectivity index (χ0) is 19.3. The van der Waals surface area contributed by atoms with Gasteiger partial charge in [0.05, 0.1) is 16.6 Å². The molecule has 0 spiro atoms. The smallest absolute Gasteiger partial charge is 0.244 e. The van der Waals surface area contributed by atoms with Crippen LogP contribution in [0.2, 0.25) is 0 Å². The van der Waals surface area contributed by atoms with Gasteiger partial charge in [-0.25, -0.2) is 8.42 Å². The minimum Gasteiger partial charge on any atom is -0.359 e. The first-order valence-corrected chi connectivity index (χ1v) is 11.1. The molecule has 1 saturated heterocycles. The molecule has 7 nitrogen and oxygen atoms in total. The SMILES string of the molecule is CC(=O)N1CCc2cc(Br)c(S(=O)(=O)N3CCC[C@H]3c3cc(C)no3)cc21. The number of benzene rings is 1. The number of halogens is 1. The third-order valence-corrected chi connectivity index (χ3v) is 8.04. The van der Waals surface area contributed by atoms with E-state index in [1.54, 1.807) is 17.0 Å². The van der Waals surface area contributed by atoms with Gasteiger partial charge in [0, 0.05) is 36.2 Å². The van der Waals surface area contributed by atoms with Crippen molar-refractivity contribution in [2.24, 2.45) is 0 Å². The van der Waals surface area contributed by atoms with Gasteiger partial charge in [0.15, 0.2) is 5.76 Å². The Labute approximate surface area is 166 Å². The maximum absolute atomic E-state index is 13.5. The maximum Gasteiger partial charge on any atom is 0.244 e. The number of nitrogens with zero attached hydrogens (tertiary/aromatic N) is 3. The summed E-state index contributed by atoms with van der Waals surface area (Å²) in [5.74, 6) is 0.479. The molecule has 1 atom stereocenters. The van der Waals surface area contributed by atoms with E-state index in [9.17, 15) is 13.2 Å². The van der Waals surface area contributed by atoms with Crippen LogP contribution >= 0.6 is 15.9 Å². The summed E-state index contributed by atoms with van der Waals surface area (Å²) in [7, 11) is -3.77. The van der Waals surface area contributed by atoms with Crippen LogP contribution in [0.4, 0.5) is 5.69 Å². The van der Waals surface area contributed by atoms with Crippen LogP contribution in [0.25, 0.3) is 0 Å². The number of rotatable bonds is 3. The number of aryl methyl sites for hydroxylation is 1. The standard InChI is InChI=1S/C18H20BrN3O4S/c1-11-8-17(26-20-11)15-4-3-6-22(15)27(24,25)18-10-16-13(9-14(18)19)5-7-21(16)12(2)23/h8-10,15H,3-7H2,1-2H3/t15-/m0/s1. The Morgan fingerprint density at radius 1 is 1.30 bits per heavy atom. The van der Waals surface area contributed by atoms with Gasteiger partial charge in [-0.1, -0.05) is 5.16 Å². The highest BCUT2D eigenvalue weighted by Gasteiger charge is 2.40. The van der Waals surface area contributed by atoms with Crippen molar-refractivity contribution >= 4 is 37.5 Å². The first kappa shape index (κ1) is 18.6. The number of aromatic nitrogens is 1. The number of fused-ring (bicyclic) bond motifs is 1. The van der Waals surface area contributed by atoms with Crippen LogP contribution in [0.1, 0.15) is 42.8 Å². The topological polar surface area (TPSA) is 83.7 Å². The van der Waals surface area contributed by atoms with Crippen molar-refractivity contribution in [3.8, 4) is 0 Å². The third kappa shape index (κ3) is 3.11. The van der Waals surface area contributed by atoms with Gasteiger partial charge in [0.25, 0.3) is 0 Å². The Kier molecular flexibility index (Phi) is 4.64. The van der Waals surface area contributed by atoms with Gasteiger partial charge in [-0.2, -0.15) is 4.31 Å². The summed E-state index contributed by atoms with van der Waals surface area (Å²) >= 11 is 3.43. The van der Waals surface area contributed by atoms with E-state index in [0.717, 1.165) is 24.1 Å². The molecular formula is C18H20BrN3O4S. The minimum absolute atomic E-state index is 0.0874. The van der Waals surface area contributed by atoms with E-state index < -0.39 is 10.0 Å². The summed E-state index contributed by atoms with van der Waals surface area (Å²) in [4.78, 5) is 13.7. The summed E-state index contributed by atoms with van der Waals surface area (Å²) in [5, 5.41) is 3.89. The normalized spacial score (nSPS) is 20.3. The molecule has 0 unspecified atom stereocenters. The Morgan fingerprint density at radius 2 is 2.07 bits per heavy atom. The van der Waals surface area contributed by atoms with Crippen molar-refractivity contribution in [3.63, 3.8) is 0 Å². The maximum atomic E-state index is 13.5.